The maximum atomic E-state index is 2.28. The summed E-state index contributed by atoms with van der Waals surface area (Å²) in [6.45, 7) is 3.39. The molecule has 1 nitrogen and oxygen atoms in total. The van der Waals surface area contributed by atoms with Gasteiger partial charge < -0.3 is 4.90 Å². The van der Waals surface area contributed by atoms with E-state index < -0.39 is 0 Å². The van der Waals surface area contributed by atoms with E-state index in [4.69, 9.17) is 0 Å². The molecule has 1 aliphatic rings. The number of nitrogens with zero attached hydrogens (tertiary/aromatic N) is 1. The van der Waals surface area contributed by atoms with E-state index in [0.29, 0.717) is 0 Å². The maximum Gasteiger partial charge on any atom is 0.0172 e. The molecule has 0 fully saturated rings. The summed E-state index contributed by atoms with van der Waals surface area (Å²) >= 11 is 0. The zero-order valence-corrected chi connectivity index (χ0v) is 9.66. The molecule has 1 aromatic rings. The highest BCUT2D eigenvalue weighted by atomic mass is 15.1. The highest BCUT2D eigenvalue weighted by molar-refractivity contribution is 5.66. The molecule has 0 amide bonds. The zero-order chi connectivity index (χ0) is 10.7. The lowest BCUT2D eigenvalue weighted by Gasteiger charge is -2.22. The van der Waals surface area contributed by atoms with Crippen molar-refractivity contribution < 1.29 is 0 Å². The van der Waals surface area contributed by atoms with Crippen LogP contribution in [0.25, 0.3) is 5.57 Å². The van der Waals surface area contributed by atoms with Crippen LogP contribution in [0.5, 0.6) is 0 Å². The Morgan fingerprint density at radius 1 is 1.20 bits per heavy atom. The summed E-state index contributed by atoms with van der Waals surface area (Å²) in [4.78, 5) is 2.28. The summed E-state index contributed by atoms with van der Waals surface area (Å²) in [7, 11) is 2.15. The van der Waals surface area contributed by atoms with Gasteiger partial charge in [-0.15, -0.1) is 0 Å². The summed E-state index contributed by atoms with van der Waals surface area (Å²) < 4.78 is 0. The summed E-state index contributed by atoms with van der Waals surface area (Å²) in [5.41, 5.74) is 4.29. The molecular weight excluding hydrogens is 182 g/mol. The Morgan fingerprint density at radius 2 is 1.93 bits per heavy atom. The van der Waals surface area contributed by atoms with Gasteiger partial charge in [0.1, 0.15) is 0 Å². The molecule has 0 saturated heterocycles. The molecule has 0 spiro atoms. The van der Waals surface area contributed by atoms with Crippen LogP contribution in [0.1, 0.15) is 30.9 Å². The molecule has 0 aromatic heterocycles. The number of hydrogen-bond donors (Lipinski definition) is 0. The molecule has 80 valence electrons. The number of aryl methyl sites for hydroxylation is 1. The lowest BCUT2D eigenvalue weighted by atomic mass is 9.98. The lowest BCUT2D eigenvalue weighted by Crippen LogP contribution is -2.17. The SMILES string of the molecule is CCc1ccc(C2=CN(C)CCC2)cc1. The zero-order valence-electron chi connectivity index (χ0n) is 9.66. The van der Waals surface area contributed by atoms with Gasteiger partial charge in [-0.25, -0.2) is 0 Å². The van der Waals surface area contributed by atoms with Crippen LogP contribution in [0, 0.1) is 0 Å². The van der Waals surface area contributed by atoms with Crippen LogP contribution in [-0.4, -0.2) is 18.5 Å². The first kappa shape index (κ1) is 10.3. The van der Waals surface area contributed by atoms with Crippen molar-refractivity contribution in [2.75, 3.05) is 13.6 Å². The second-order valence-corrected chi connectivity index (χ2v) is 4.29. The molecule has 0 aliphatic carbocycles. The Balaban J connectivity index is 2.21. The first-order valence-electron chi connectivity index (χ1n) is 5.80. The molecule has 1 heteroatoms. The number of rotatable bonds is 2. The normalized spacial score (nSPS) is 16.4. The number of hydrogen-bond acceptors (Lipinski definition) is 1. The van der Waals surface area contributed by atoms with Gasteiger partial charge in [-0.3, -0.25) is 0 Å². The van der Waals surface area contributed by atoms with Crippen LogP contribution < -0.4 is 0 Å². The molecular formula is C14H19N. The predicted octanol–water partition coefficient (Wildman–Crippen LogP) is 3.32. The molecule has 0 atom stereocenters. The van der Waals surface area contributed by atoms with Crippen LogP contribution in [0.4, 0.5) is 0 Å². The number of allylic oxidation sites excluding steroid dienone is 1. The van der Waals surface area contributed by atoms with Gasteiger partial charge in [0.2, 0.25) is 0 Å². The van der Waals surface area contributed by atoms with Gasteiger partial charge in [0.15, 0.2) is 0 Å². The Labute approximate surface area is 92.4 Å². The summed E-state index contributed by atoms with van der Waals surface area (Å²) in [5, 5.41) is 0. The predicted molar refractivity (Wildman–Crippen MR) is 65.7 cm³/mol. The quantitative estimate of drug-likeness (QED) is 0.709. The summed E-state index contributed by atoms with van der Waals surface area (Å²) in [6.07, 6.45) is 5.90. The fraction of sp³-hybridized carbons (Fsp3) is 0.429. The van der Waals surface area contributed by atoms with E-state index in [-0.39, 0.29) is 0 Å². The van der Waals surface area contributed by atoms with E-state index in [9.17, 15) is 0 Å². The molecule has 0 saturated carbocycles. The molecule has 1 heterocycles. The first-order chi connectivity index (χ1) is 7.29. The van der Waals surface area contributed by atoms with E-state index >= 15 is 0 Å². The first-order valence-corrected chi connectivity index (χ1v) is 5.80. The minimum absolute atomic E-state index is 1.12. The van der Waals surface area contributed by atoms with Crippen molar-refractivity contribution >= 4 is 5.57 Å². The van der Waals surface area contributed by atoms with Gasteiger partial charge in [-0.1, -0.05) is 31.2 Å². The van der Waals surface area contributed by atoms with Crippen molar-refractivity contribution in [3.63, 3.8) is 0 Å². The standard InChI is InChI=1S/C14H19N/c1-3-12-6-8-13(9-7-12)14-5-4-10-15(2)11-14/h6-9,11H,3-5,10H2,1-2H3. The topological polar surface area (TPSA) is 3.24 Å². The van der Waals surface area contributed by atoms with Crippen molar-refractivity contribution in [3.8, 4) is 0 Å². The van der Waals surface area contributed by atoms with Crippen molar-refractivity contribution in [2.45, 2.75) is 26.2 Å². The largest absolute Gasteiger partial charge is 0.380 e. The van der Waals surface area contributed by atoms with Crippen LogP contribution in [0.2, 0.25) is 0 Å². The Morgan fingerprint density at radius 3 is 2.53 bits per heavy atom. The van der Waals surface area contributed by atoms with Gasteiger partial charge in [-0.05, 0) is 36.0 Å². The van der Waals surface area contributed by atoms with E-state index in [2.05, 4.69) is 49.3 Å². The number of benzene rings is 1. The molecule has 0 N–H and O–H groups in total. The third-order valence-corrected chi connectivity index (χ3v) is 3.07. The van der Waals surface area contributed by atoms with Crippen molar-refractivity contribution in [1.82, 2.24) is 4.90 Å². The van der Waals surface area contributed by atoms with Crippen LogP contribution in [0.15, 0.2) is 30.5 Å². The molecule has 15 heavy (non-hydrogen) atoms. The molecule has 0 bridgehead atoms. The Kier molecular flexibility index (Phi) is 3.10. The maximum absolute atomic E-state index is 2.28. The molecule has 1 aliphatic heterocycles. The fourth-order valence-electron chi connectivity index (χ4n) is 2.09. The second kappa shape index (κ2) is 4.52. The third-order valence-electron chi connectivity index (χ3n) is 3.07. The lowest BCUT2D eigenvalue weighted by molar-refractivity contribution is 0.431. The van der Waals surface area contributed by atoms with Gasteiger partial charge in [-0.2, -0.15) is 0 Å². The van der Waals surface area contributed by atoms with Crippen LogP contribution in [0.3, 0.4) is 0 Å². The van der Waals surface area contributed by atoms with Gasteiger partial charge >= 0.3 is 0 Å². The van der Waals surface area contributed by atoms with Gasteiger partial charge in [0.05, 0.1) is 0 Å². The molecule has 0 radical (unpaired) electrons. The Bertz CT molecular complexity index is 348. The van der Waals surface area contributed by atoms with Crippen molar-refractivity contribution in [2.24, 2.45) is 0 Å². The van der Waals surface area contributed by atoms with E-state index in [1.54, 1.807) is 0 Å². The average molecular weight is 201 g/mol. The Hall–Kier alpha value is -1.24. The minimum atomic E-state index is 1.12. The highest BCUT2D eigenvalue weighted by Crippen LogP contribution is 2.24. The fourth-order valence-corrected chi connectivity index (χ4v) is 2.09. The molecule has 1 aromatic carbocycles. The van der Waals surface area contributed by atoms with Crippen LogP contribution in [-0.2, 0) is 6.42 Å². The smallest absolute Gasteiger partial charge is 0.0172 e. The molecule has 2 rings (SSSR count). The van der Waals surface area contributed by atoms with E-state index in [0.717, 1.165) is 6.42 Å². The third kappa shape index (κ3) is 2.41. The van der Waals surface area contributed by atoms with Crippen LogP contribution >= 0.6 is 0 Å². The summed E-state index contributed by atoms with van der Waals surface area (Å²) in [5.74, 6) is 0. The molecule has 0 unspecified atom stereocenters. The van der Waals surface area contributed by atoms with E-state index in [1.807, 2.05) is 0 Å². The van der Waals surface area contributed by atoms with Gasteiger partial charge in [0, 0.05) is 19.8 Å². The van der Waals surface area contributed by atoms with Crippen molar-refractivity contribution in [3.05, 3.63) is 41.6 Å². The minimum Gasteiger partial charge on any atom is -0.380 e. The summed E-state index contributed by atoms with van der Waals surface area (Å²) in [6, 6.07) is 8.99. The highest BCUT2D eigenvalue weighted by Gasteiger charge is 2.08. The van der Waals surface area contributed by atoms with Gasteiger partial charge in [0.25, 0.3) is 0 Å². The average Bonchev–Trinajstić information content (AvgIpc) is 2.29. The second-order valence-electron chi connectivity index (χ2n) is 4.29. The van der Waals surface area contributed by atoms with Crippen molar-refractivity contribution in [1.29, 1.82) is 0 Å². The van der Waals surface area contributed by atoms with E-state index in [1.165, 1.54) is 36.1 Å². The monoisotopic (exact) mass is 201 g/mol.